The number of aromatic nitrogens is 4. The second-order valence-corrected chi connectivity index (χ2v) is 21.3. The fraction of sp³-hybridized carbons (Fsp3) is 0.254. The molecule has 7 N–H and O–H groups in total. The lowest BCUT2D eigenvalue weighted by molar-refractivity contribution is -0.538. The van der Waals surface area contributed by atoms with Gasteiger partial charge in [-0.05, 0) is 147 Å². The molecule has 12 nitrogen and oxygen atoms in total. The first-order chi connectivity index (χ1) is 38.6. The van der Waals surface area contributed by atoms with Crippen LogP contribution >= 0.6 is 0 Å². The van der Waals surface area contributed by atoms with E-state index in [-0.39, 0.29) is 11.8 Å². The van der Waals surface area contributed by atoms with Gasteiger partial charge in [0.1, 0.15) is 33.4 Å². The van der Waals surface area contributed by atoms with Crippen LogP contribution in [0.25, 0.3) is 66.6 Å². The molecule has 3 heterocycles. The third-order valence-electron chi connectivity index (χ3n) is 15.3. The molecule has 11 rings (SSSR count). The van der Waals surface area contributed by atoms with Gasteiger partial charge in [0.25, 0.3) is 22.8 Å². The molecule has 0 saturated heterocycles. The summed E-state index contributed by atoms with van der Waals surface area (Å²) in [4.78, 5) is 36.3. The van der Waals surface area contributed by atoms with E-state index < -0.39 is 0 Å². The van der Waals surface area contributed by atoms with Gasteiger partial charge in [0.05, 0.1) is 0 Å². The number of benzene rings is 8. The summed E-state index contributed by atoms with van der Waals surface area (Å²) < 4.78 is 4.60. The van der Waals surface area contributed by atoms with Crippen LogP contribution < -0.4 is 41.5 Å². The summed E-state index contributed by atoms with van der Waals surface area (Å²) in [5, 5.41) is 17.3. The molecule has 2 aromatic heterocycles. The Morgan fingerprint density at radius 2 is 1.00 bits per heavy atom. The van der Waals surface area contributed by atoms with Crippen molar-refractivity contribution in [3.63, 3.8) is 0 Å². The van der Waals surface area contributed by atoms with Crippen molar-refractivity contribution in [2.45, 2.75) is 85.6 Å². The standard InChI is InChI=1S/C67H68N10O2/c1-43-34-53(68)64-59(36-43)74-56-38-45(3)54(40-62(56)76(64)52-19-10-9-11-20-52)69-30-14-5-7-16-32-71-66(78)49-26-22-47(23-27-49)48-24-28-50(29-25-48)67(79)72-33-17-8-6-15-31-70-55-41-63-57(39-46(55)4)75-60-37-44(2)35-58-65(60)77(63)61-21-13-12-18-51(61)42-73-58/h9-13,18-29,34-41,73H,5-8,14-17,30-33,42,68H2,1-4H3,(H2,71,72,78,79)/p+2. The quantitative estimate of drug-likeness (QED) is 0.0191. The van der Waals surface area contributed by atoms with Crippen molar-refractivity contribution in [3.8, 4) is 22.5 Å². The zero-order valence-corrected chi connectivity index (χ0v) is 45.8. The number of nitrogen functional groups attached to an aromatic ring is 1. The first kappa shape index (κ1) is 52.2. The smallest absolute Gasteiger partial charge is 0.260 e. The van der Waals surface area contributed by atoms with Crippen molar-refractivity contribution < 1.29 is 18.7 Å². The molecule has 0 fully saturated rings. The zero-order chi connectivity index (χ0) is 54.4. The number of para-hydroxylation sites is 2. The van der Waals surface area contributed by atoms with E-state index in [2.05, 4.69) is 135 Å². The number of carbonyl (C=O) groups excluding carboxylic acids is 2. The third kappa shape index (κ3) is 11.4. The monoisotopic (exact) mass is 1050 g/mol. The van der Waals surface area contributed by atoms with E-state index in [1.54, 1.807) is 0 Å². The minimum absolute atomic E-state index is 0.0686. The number of hydrogen-bond donors (Lipinski definition) is 6. The summed E-state index contributed by atoms with van der Waals surface area (Å²) in [5.41, 5.74) is 29.8. The van der Waals surface area contributed by atoms with Crippen LogP contribution in [0.2, 0.25) is 0 Å². The van der Waals surface area contributed by atoms with Crippen molar-refractivity contribution >= 4 is 78.7 Å². The van der Waals surface area contributed by atoms with E-state index in [1.807, 2.05) is 79.7 Å². The number of nitrogens with zero attached hydrogens (tertiary/aromatic N) is 4. The summed E-state index contributed by atoms with van der Waals surface area (Å²) in [6.45, 7) is 12.2. The van der Waals surface area contributed by atoms with Crippen LogP contribution in [0.15, 0.2) is 152 Å². The molecule has 0 aliphatic carbocycles. The summed E-state index contributed by atoms with van der Waals surface area (Å²) in [6, 6.07) is 51.6. The van der Waals surface area contributed by atoms with Gasteiger partial charge in [-0.25, -0.2) is 9.97 Å². The number of carbonyl (C=O) groups is 2. The zero-order valence-electron chi connectivity index (χ0n) is 45.8. The molecule has 1 aliphatic rings. The van der Waals surface area contributed by atoms with Gasteiger partial charge in [-0.2, -0.15) is 0 Å². The van der Waals surface area contributed by atoms with Crippen molar-refractivity contribution in [1.29, 1.82) is 0 Å². The third-order valence-corrected chi connectivity index (χ3v) is 15.3. The molecule has 10 aromatic rings. The van der Waals surface area contributed by atoms with E-state index in [0.29, 0.717) is 29.9 Å². The molecule has 0 spiro atoms. The van der Waals surface area contributed by atoms with Crippen LogP contribution in [0, 0.1) is 27.7 Å². The van der Waals surface area contributed by atoms with Crippen LogP contribution in [-0.2, 0) is 6.54 Å². The summed E-state index contributed by atoms with van der Waals surface area (Å²) in [6.07, 6.45) is 8.05. The Hall–Kier alpha value is -8.90. The second-order valence-electron chi connectivity index (χ2n) is 21.3. The second kappa shape index (κ2) is 23.4. The van der Waals surface area contributed by atoms with Crippen molar-refractivity contribution in [2.24, 2.45) is 0 Å². The van der Waals surface area contributed by atoms with Gasteiger partial charge >= 0.3 is 0 Å². The fourth-order valence-corrected chi connectivity index (χ4v) is 11.2. The maximum Gasteiger partial charge on any atom is 0.260 e. The van der Waals surface area contributed by atoms with E-state index in [4.69, 9.17) is 15.7 Å². The Balaban J connectivity index is 0.586. The van der Waals surface area contributed by atoms with E-state index in [9.17, 15) is 9.59 Å². The highest BCUT2D eigenvalue weighted by molar-refractivity contribution is 5.96. The van der Waals surface area contributed by atoms with Gasteiger partial charge in [0, 0.05) is 91.1 Å². The summed E-state index contributed by atoms with van der Waals surface area (Å²) >= 11 is 0. The summed E-state index contributed by atoms with van der Waals surface area (Å²) in [5.74, 6) is -0.142. The molecule has 2 amide bonds. The lowest BCUT2D eigenvalue weighted by Gasteiger charge is -2.12. The highest BCUT2D eigenvalue weighted by Crippen LogP contribution is 2.32. The Bertz CT molecular complexity index is 3900. The minimum Gasteiger partial charge on any atom is -0.393 e. The molecule has 0 unspecified atom stereocenters. The lowest BCUT2D eigenvalue weighted by atomic mass is 10.0. The molecule has 398 valence electrons. The molecule has 0 bridgehead atoms. The SMILES string of the molecule is Cc1cc(N)c2c(c1)nc1cc(C)c(NCCCCCCNC(=O)c3ccc(-c4ccc(C(=O)NCCCCCCNc5cc6c(cc5C)nc5cc(C)cc7c5[n+]6-c5ccccc5CN7)cc4)cc3)cc1[n+]2-c1ccccc1. The van der Waals surface area contributed by atoms with Crippen LogP contribution in [0.5, 0.6) is 0 Å². The maximum absolute atomic E-state index is 13.1. The van der Waals surface area contributed by atoms with Gasteiger partial charge in [0.2, 0.25) is 22.4 Å². The number of fused-ring (bicyclic) bond motifs is 6. The highest BCUT2D eigenvalue weighted by Gasteiger charge is 2.29. The Morgan fingerprint density at radius 1 is 0.506 bits per heavy atom. The number of amides is 2. The van der Waals surface area contributed by atoms with Gasteiger partial charge < -0.3 is 32.3 Å². The van der Waals surface area contributed by atoms with Crippen molar-refractivity contribution in [2.75, 3.05) is 47.9 Å². The fourth-order valence-electron chi connectivity index (χ4n) is 11.2. The number of rotatable bonds is 20. The van der Waals surface area contributed by atoms with Crippen molar-refractivity contribution in [1.82, 2.24) is 20.6 Å². The molecule has 79 heavy (non-hydrogen) atoms. The molecular formula is C67H70N10O2+2. The highest BCUT2D eigenvalue weighted by atomic mass is 16.2. The van der Waals surface area contributed by atoms with E-state index in [1.165, 1.54) is 22.4 Å². The van der Waals surface area contributed by atoms with Crippen molar-refractivity contribution in [3.05, 3.63) is 191 Å². The molecule has 12 heteroatoms. The number of aryl methyl sites for hydroxylation is 4. The summed E-state index contributed by atoms with van der Waals surface area (Å²) in [7, 11) is 0. The largest absolute Gasteiger partial charge is 0.393 e. The lowest BCUT2D eigenvalue weighted by Crippen LogP contribution is -2.34. The predicted octanol–water partition coefficient (Wildman–Crippen LogP) is 12.9. The molecule has 1 aliphatic heterocycles. The Labute approximate surface area is 462 Å². The van der Waals surface area contributed by atoms with Crippen LogP contribution in [0.4, 0.5) is 22.7 Å². The van der Waals surface area contributed by atoms with Crippen LogP contribution in [-0.4, -0.2) is 48.0 Å². The number of anilines is 4. The van der Waals surface area contributed by atoms with E-state index >= 15 is 0 Å². The van der Waals surface area contributed by atoms with Crippen LogP contribution in [0.1, 0.15) is 99.9 Å². The normalized spacial score (nSPS) is 11.8. The molecule has 8 aromatic carbocycles. The number of nitrogens with two attached hydrogens (primary N) is 1. The number of unbranched alkanes of at least 4 members (excludes halogenated alkanes) is 6. The van der Waals surface area contributed by atoms with Crippen LogP contribution in [0.3, 0.4) is 0 Å². The Kier molecular flexibility index (Phi) is 15.4. The first-order valence-electron chi connectivity index (χ1n) is 28.1. The number of nitrogens with one attached hydrogen (secondary N) is 5. The molecular weight excluding hydrogens is 977 g/mol. The average Bonchev–Trinajstić information content (AvgIpc) is 3.81. The Morgan fingerprint density at radius 3 is 1.57 bits per heavy atom. The maximum atomic E-state index is 13.1. The van der Waals surface area contributed by atoms with Gasteiger partial charge in [-0.3, -0.25) is 9.59 Å². The number of hydrogen-bond acceptors (Lipinski definition) is 8. The van der Waals surface area contributed by atoms with E-state index in [0.717, 1.165) is 160 Å². The predicted molar refractivity (Wildman–Crippen MR) is 323 cm³/mol. The first-order valence-corrected chi connectivity index (χ1v) is 28.1. The average molecular weight is 1050 g/mol. The minimum atomic E-state index is -0.0733. The van der Waals surface area contributed by atoms with Gasteiger partial charge in [0.15, 0.2) is 0 Å². The molecule has 0 atom stereocenters. The molecule has 0 radical (unpaired) electrons. The topological polar surface area (TPSA) is 154 Å². The van der Waals surface area contributed by atoms with Gasteiger partial charge in [-0.1, -0.05) is 86.3 Å². The van der Waals surface area contributed by atoms with Gasteiger partial charge in [-0.15, -0.1) is 9.13 Å². The molecule has 0 saturated carbocycles.